The zero-order valence-electron chi connectivity index (χ0n) is 18.4. The number of carbonyl (C=O) groups is 2. The third kappa shape index (κ3) is 7.39. The van der Waals surface area contributed by atoms with Crippen molar-refractivity contribution in [1.29, 1.82) is 0 Å². The molecule has 2 amide bonds. The van der Waals surface area contributed by atoms with Gasteiger partial charge in [0.2, 0.25) is 0 Å². The maximum absolute atomic E-state index is 13.6. The first-order valence-electron chi connectivity index (χ1n) is 10.3. The molecular weight excluding hydrogens is 444 g/mol. The molecule has 2 N–H and O–H groups in total. The highest BCUT2D eigenvalue weighted by Gasteiger charge is 2.30. The minimum absolute atomic E-state index is 0.139. The average Bonchev–Trinajstić information content (AvgIpc) is 3.41. The molecule has 0 fully saturated rings. The number of benzene rings is 1. The van der Waals surface area contributed by atoms with E-state index < -0.39 is 17.7 Å². The van der Waals surface area contributed by atoms with Gasteiger partial charge < -0.3 is 20.1 Å². The van der Waals surface area contributed by atoms with Gasteiger partial charge in [-0.15, -0.1) is 22.7 Å². The topological polar surface area (TPSA) is 78.9 Å². The molecule has 170 valence electrons. The number of thiophene rings is 2. The van der Waals surface area contributed by atoms with E-state index in [9.17, 15) is 14.7 Å². The summed E-state index contributed by atoms with van der Waals surface area (Å²) in [5, 5.41) is 16.3. The molecule has 1 atom stereocenters. The molecule has 0 aliphatic rings. The summed E-state index contributed by atoms with van der Waals surface area (Å²) >= 11 is 3.16. The number of ether oxygens (including phenoxy) is 1. The predicted molar refractivity (Wildman–Crippen MR) is 128 cm³/mol. The minimum Gasteiger partial charge on any atom is -0.508 e. The molecule has 0 saturated carbocycles. The van der Waals surface area contributed by atoms with Crippen LogP contribution in [-0.4, -0.2) is 33.6 Å². The van der Waals surface area contributed by atoms with Gasteiger partial charge >= 0.3 is 6.09 Å². The lowest BCUT2D eigenvalue weighted by Crippen LogP contribution is -2.47. The highest BCUT2D eigenvalue weighted by molar-refractivity contribution is 7.10. The van der Waals surface area contributed by atoms with Crippen LogP contribution >= 0.6 is 22.7 Å². The van der Waals surface area contributed by atoms with E-state index >= 15 is 0 Å². The second-order valence-electron chi connectivity index (χ2n) is 8.49. The van der Waals surface area contributed by atoms with Crippen LogP contribution < -0.4 is 5.32 Å². The van der Waals surface area contributed by atoms with Gasteiger partial charge in [0.05, 0.1) is 13.1 Å². The Balaban J connectivity index is 1.84. The summed E-state index contributed by atoms with van der Waals surface area (Å²) in [5.41, 5.74) is 0.300. The summed E-state index contributed by atoms with van der Waals surface area (Å²) in [5.74, 6) is -0.121. The van der Waals surface area contributed by atoms with E-state index in [1.165, 1.54) is 0 Å². The Kier molecular flexibility index (Phi) is 7.93. The number of nitrogens with one attached hydrogen (secondary N) is 1. The van der Waals surface area contributed by atoms with E-state index in [4.69, 9.17) is 4.74 Å². The molecule has 0 aliphatic heterocycles. The predicted octanol–water partition coefficient (Wildman–Crippen LogP) is 5.18. The quantitative estimate of drug-likeness (QED) is 0.473. The van der Waals surface area contributed by atoms with Crippen LogP contribution in [0.4, 0.5) is 4.79 Å². The van der Waals surface area contributed by atoms with Crippen molar-refractivity contribution in [1.82, 2.24) is 10.2 Å². The summed E-state index contributed by atoms with van der Waals surface area (Å²) in [6.07, 6.45) is -1.43. The Morgan fingerprint density at radius 2 is 1.56 bits per heavy atom. The molecule has 32 heavy (non-hydrogen) atoms. The smallest absolute Gasteiger partial charge is 0.408 e. The highest BCUT2D eigenvalue weighted by Crippen LogP contribution is 2.21. The minimum atomic E-state index is -0.998. The normalized spacial score (nSPS) is 12.2. The molecule has 2 heterocycles. The Labute approximate surface area is 196 Å². The lowest BCUT2D eigenvalue weighted by atomic mass is 10.1. The zero-order chi connectivity index (χ0) is 23.1. The molecule has 1 aromatic carbocycles. The van der Waals surface area contributed by atoms with E-state index in [-0.39, 0.29) is 18.1 Å². The molecule has 0 unspecified atom stereocenters. The Hall–Kier alpha value is -2.84. The van der Waals surface area contributed by atoms with Crippen molar-refractivity contribution in [2.24, 2.45) is 0 Å². The number of hydrogen-bond acceptors (Lipinski definition) is 6. The largest absolute Gasteiger partial charge is 0.508 e. The van der Waals surface area contributed by atoms with E-state index in [0.29, 0.717) is 13.1 Å². The first kappa shape index (κ1) is 23.8. The first-order chi connectivity index (χ1) is 15.2. The number of hydrogen-bond donors (Lipinski definition) is 2. The maximum atomic E-state index is 13.6. The molecule has 0 bridgehead atoms. The van der Waals surface area contributed by atoms with E-state index in [1.54, 1.807) is 51.8 Å². The van der Waals surface area contributed by atoms with Crippen molar-refractivity contribution in [3.8, 4) is 5.75 Å². The van der Waals surface area contributed by atoms with Crippen molar-refractivity contribution in [2.45, 2.75) is 51.9 Å². The number of phenols is 1. The lowest BCUT2D eigenvalue weighted by Gasteiger charge is -2.28. The van der Waals surface area contributed by atoms with Gasteiger partial charge in [0.1, 0.15) is 5.75 Å². The molecule has 3 rings (SSSR count). The molecule has 0 radical (unpaired) electrons. The molecule has 2 aromatic heterocycles. The fourth-order valence-corrected chi connectivity index (χ4v) is 4.53. The average molecular weight is 473 g/mol. The van der Waals surface area contributed by atoms with Gasteiger partial charge in [0.25, 0.3) is 5.91 Å². The standard InChI is InChI=1S/C24H28N2O4S2/c1-24(2,3)25-23(29)30-21(14-17-8-10-18(27)11-9-17)22(28)26(15-19-6-4-12-31-19)16-20-7-5-13-32-20/h4-13,21,27H,14-16H2,1-3H3,(H,25,29)/t21-/m0/s1. The Morgan fingerprint density at radius 3 is 2.03 bits per heavy atom. The molecule has 8 heteroatoms. The van der Waals surface area contributed by atoms with Gasteiger partial charge in [-0.05, 0) is 61.4 Å². The first-order valence-corrected chi connectivity index (χ1v) is 12.1. The van der Waals surface area contributed by atoms with Crippen molar-refractivity contribution in [3.63, 3.8) is 0 Å². The Bertz CT molecular complexity index is 958. The summed E-state index contributed by atoms with van der Waals surface area (Å²) in [4.78, 5) is 30.0. The van der Waals surface area contributed by atoms with Gasteiger partial charge in [-0.1, -0.05) is 24.3 Å². The molecule has 0 spiro atoms. The van der Waals surface area contributed by atoms with Crippen LogP contribution in [0.2, 0.25) is 0 Å². The van der Waals surface area contributed by atoms with Crippen molar-refractivity contribution in [3.05, 3.63) is 74.6 Å². The summed E-state index contributed by atoms with van der Waals surface area (Å²) in [6, 6.07) is 14.4. The van der Waals surface area contributed by atoms with Gasteiger partial charge in [0.15, 0.2) is 6.10 Å². The summed E-state index contributed by atoms with van der Waals surface area (Å²) < 4.78 is 5.64. The van der Waals surface area contributed by atoms with Gasteiger partial charge in [-0.3, -0.25) is 4.79 Å². The van der Waals surface area contributed by atoms with Gasteiger partial charge in [0, 0.05) is 21.7 Å². The van der Waals surface area contributed by atoms with Crippen LogP contribution in [-0.2, 0) is 29.0 Å². The number of aromatic hydroxyl groups is 1. The van der Waals surface area contributed by atoms with E-state index in [2.05, 4.69) is 5.32 Å². The van der Waals surface area contributed by atoms with Gasteiger partial charge in [-0.25, -0.2) is 4.79 Å². The number of rotatable bonds is 8. The monoisotopic (exact) mass is 472 g/mol. The SMILES string of the molecule is CC(C)(C)NC(=O)O[C@@H](Cc1ccc(O)cc1)C(=O)N(Cc1cccs1)Cc1cccs1. The number of nitrogens with zero attached hydrogens (tertiary/aromatic N) is 1. The van der Waals surface area contributed by atoms with Crippen molar-refractivity contribution in [2.75, 3.05) is 0 Å². The van der Waals surface area contributed by atoms with Crippen LogP contribution in [0.15, 0.2) is 59.3 Å². The highest BCUT2D eigenvalue weighted by atomic mass is 32.1. The van der Waals surface area contributed by atoms with Crippen molar-refractivity contribution >= 4 is 34.7 Å². The van der Waals surface area contributed by atoms with Gasteiger partial charge in [-0.2, -0.15) is 0 Å². The van der Waals surface area contributed by atoms with E-state index in [1.807, 2.05) is 55.8 Å². The van der Waals surface area contributed by atoms with Crippen LogP contribution in [0.3, 0.4) is 0 Å². The molecule has 3 aromatic rings. The fourth-order valence-electron chi connectivity index (χ4n) is 3.09. The number of alkyl carbamates (subject to hydrolysis) is 1. The van der Waals surface area contributed by atoms with E-state index in [0.717, 1.165) is 15.3 Å². The molecule has 0 saturated heterocycles. The maximum Gasteiger partial charge on any atom is 0.408 e. The third-order valence-electron chi connectivity index (χ3n) is 4.52. The zero-order valence-corrected chi connectivity index (χ0v) is 20.0. The molecule has 0 aliphatic carbocycles. The number of carbonyl (C=O) groups excluding carboxylic acids is 2. The summed E-state index contributed by atoms with van der Waals surface area (Å²) in [7, 11) is 0. The fraction of sp³-hybridized carbons (Fsp3) is 0.333. The second-order valence-corrected chi connectivity index (χ2v) is 10.6. The van der Waals surface area contributed by atoms with Crippen LogP contribution in [0.5, 0.6) is 5.75 Å². The van der Waals surface area contributed by atoms with Crippen molar-refractivity contribution < 1.29 is 19.4 Å². The lowest BCUT2D eigenvalue weighted by molar-refractivity contribution is -0.141. The number of phenolic OH excluding ortho intramolecular Hbond substituents is 1. The molecular formula is C24H28N2O4S2. The number of amides is 2. The third-order valence-corrected chi connectivity index (χ3v) is 6.25. The second kappa shape index (κ2) is 10.7. The van der Waals surface area contributed by atoms with Crippen LogP contribution in [0, 0.1) is 0 Å². The molecule has 6 nitrogen and oxygen atoms in total. The summed E-state index contributed by atoms with van der Waals surface area (Å²) in [6.45, 7) is 6.43. The Morgan fingerprint density at radius 1 is 1.00 bits per heavy atom. The van der Waals surface area contributed by atoms with Crippen LogP contribution in [0.25, 0.3) is 0 Å². The van der Waals surface area contributed by atoms with Crippen LogP contribution in [0.1, 0.15) is 36.1 Å².